The number of amides is 2. The van der Waals surface area contributed by atoms with Crippen molar-refractivity contribution in [2.75, 3.05) is 6.54 Å². The van der Waals surface area contributed by atoms with Crippen LogP contribution in [0.3, 0.4) is 0 Å². The molecule has 1 aromatic carbocycles. The standard InChI is InChI=1S/C21H28N2O2/c1-15-8-10-16(11-9-15)20-21(25)22(17-6-4-2-3-5-7-17)14-19(24)23(20)18-12-13-18/h8-11,17-18,20H,2-7,12-14H2,1H3. The number of hydrogen-bond acceptors (Lipinski definition) is 2. The van der Waals surface area contributed by atoms with Crippen LogP contribution in [0.15, 0.2) is 24.3 Å². The Morgan fingerprint density at radius 3 is 2.08 bits per heavy atom. The molecule has 1 heterocycles. The summed E-state index contributed by atoms with van der Waals surface area (Å²) in [6.07, 6.45) is 9.00. The lowest BCUT2D eigenvalue weighted by Crippen LogP contribution is -2.58. The zero-order valence-electron chi connectivity index (χ0n) is 15.1. The van der Waals surface area contributed by atoms with Crippen LogP contribution in [0.25, 0.3) is 0 Å². The summed E-state index contributed by atoms with van der Waals surface area (Å²) in [4.78, 5) is 30.2. The van der Waals surface area contributed by atoms with Crippen LogP contribution in [-0.4, -0.2) is 40.2 Å². The van der Waals surface area contributed by atoms with Crippen molar-refractivity contribution in [1.82, 2.24) is 9.80 Å². The zero-order valence-corrected chi connectivity index (χ0v) is 15.1. The van der Waals surface area contributed by atoms with Crippen molar-refractivity contribution >= 4 is 11.8 Å². The summed E-state index contributed by atoms with van der Waals surface area (Å²) in [6.45, 7) is 2.33. The second kappa shape index (κ2) is 6.81. The number of hydrogen-bond donors (Lipinski definition) is 0. The van der Waals surface area contributed by atoms with Crippen molar-refractivity contribution in [2.45, 2.75) is 76.4 Å². The van der Waals surface area contributed by atoms with Gasteiger partial charge in [0.25, 0.3) is 5.91 Å². The molecule has 0 spiro atoms. The van der Waals surface area contributed by atoms with Gasteiger partial charge in [-0.05, 0) is 38.2 Å². The van der Waals surface area contributed by atoms with E-state index in [1.165, 1.54) is 31.2 Å². The van der Waals surface area contributed by atoms with E-state index in [-0.39, 0.29) is 30.4 Å². The Balaban J connectivity index is 1.65. The smallest absolute Gasteiger partial charge is 0.250 e. The lowest BCUT2D eigenvalue weighted by molar-refractivity contribution is -0.159. The molecule has 1 saturated heterocycles. The molecule has 1 aromatic rings. The number of rotatable bonds is 3. The lowest BCUT2D eigenvalue weighted by Gasteiger charge is -2.43. The van der Waals surface area contributed by atoms with Crippen LogP contribution in [0, 0.1) is 6.92 Å². The van der Waals surface area contributed by atoms with Gasteiger partial charge in [-0.1, -0.05) is 55.5 Å². The average molecular weight is 340 g/mol. The summed E-state index contributed by atoms with van der Waals surface area (Å²) in [7, 11) is 0. The summed E-state index contributed by atoms with van der Waals surface area (Å²) in [5, 5.41) is 0. The third-order valence-corrected chi connectivity index (χ3v) is 5.99. The Bertz CT molecular complexity index is 642. The molecule has 4 heteroatoms. The first-order valence-electron chi connectivity index (χ1n) is 9.83. The fourth-order valence-electron chi connectivity index (χ4n) is 4.42. The van der Waals surface area contributed by atoms with Crippen LogP contribution < -0.4 is 0 Å². The van der Waals surface area contributed by atoms with E-state index in [0.29, 0.717) is 0 Å². The molecule has 0 radical (unpaired) electrons. The molecule has 2 amide bonds. The normalized spacial score (nSPS) is 26.0. The summed E-state index contributed by atoms with van der Waals surface area (Å²) in [5.41, 5.74) is 2.14. The average Bonchev–Trinajstić information content (AvgIpc) is 3.44. The van der Waals surface area contributed by atoms with Gasteiger partial charge in [-0.3, -0.25) is 9.59 Å². The van der Waals surface area contributed by atoms with Crippen LogP contribution >= 0.6 is 0 Å². The number of benzene rings is 1. The van der Waals surface area contributed by atoms with Crippen molar-refractivity contribution in [3.8, 4) is 0 Å². The second-order valence-electron chi connectivity index (χ2n) is 7.96. The maximum absolute atomic E-state index is 13.4. The molecule has 25 heavy (non-hydrogen) atoms. The van der Waals surface area contributed by atoms with Crippen LogP contribution in [-0.2, 0) is 9.59 Å². The third kappa shape index (κ3) is 3.31. The molecule has 1 aliphatic heterocycles. The molecule has 0 N–H and O–H groups in total. The van der Waals surface area contributed by atoms with Gasteiger partial charge in [0.15, 0.2) is 0 Å². The minimum atomic E-state index is -0.419. The van der Waals surface area contributed by atoms with Crippen LogP contribution in [0.1, 0.15) is 68.5 Å². The van der Waals surface area contributed by atoms with Gasteiger partial charge in [0.1, 0.15) is 12.6 Å². The molecule has 1 unspecified atom stereocenters. The highest BCUT2D eigenvalue weighted by atomic mass is 16.2. The van der Waals surface area contributed by atoms with Crippen LogP contribution in [0.5, 0.6) is 0 Å². The van der Waals surface area contributed by atoms with Gasteiger partial charge in [-0.25, -0.2) is 0 Å². The Kier molecular flexibility index (Phi) is 4.53. The van der Waals surface area contributed by atoms with E-state index in [4.69, 9.17) is 0 Å². The van der Waals surface area contributed by atoms with E-state index in [0.717, 1.165) is 31.2 Å². The summed E-state index contributed by atoms with van der Waals surface area (Å²) >= 11 is 0. The monoisotopic (exact) mass is 340 g/mol. The van der Waals surface area contributed by atoms with E-state index < -0.39 is 6.04 Å². The summed E-state index contributed by atoms with van der Waals surface area (Å²) in [6, 6.07) is 8.23. The molecule has 0 aromatic heterocycles. The SMILES string of the molecule is Cc1ccc(C2C(=O)N(C3CCCCCC3)CC(=O)N2C2CC2)cc1. The number of aryl methyl sites for hydroxylation is 1. The molecular weight excluding hydrogens is 312 g/mol. The summed E-state index contributed by atoms with van der Waals surface area (Å²) in [5.74, 6) is 0.277. The van der Waals surface area contributed by atoms with Gasteiger partial charge in [0, 0.05) is 12.1 Å². The Hall–Kier alpha value is -1.84. The molecular formula is C21H28N2O2. The first kappa shape index (κ1) is 16.6. The minimum absolute atomic E-state index is 0.136. The first-order valence-corrected chi connectivity index (χ1v) is 9.83. The van der Waals surface area contributed by atoms with Gasteiger partial charge in [-0.15, -0.1) is 0 Å². The van der Waals surface area contributed by atoms with Crippen molar-refractivity contribution < 1.29 is 9.59 Å². The molecule has 2 saturated carbocycles. The summed E-state index contributed by atoms with van der Waals surface area (Å²) < 4.78 is 0. The van der Waals surface area contributed by atoms with Crippen molar-refractivity contribution in [3.63, 3.8) is 0 Å². The van der Waals surface area contributed by atoms with Crippen LogP contribution in [0.4, 0.5) is 0 Å². The highest BCUT2D eigenvalue weighted by Crippen LogP contribution is 2.39. The van der Waals surface area contributed by atoms with Gasteiger partial charge in [0.2, 0.25) is 5.91 Å². The van der Waals surface area contributed by atoms with Gasteiger partial charge in [-0.2, -0.15) is 0 Å². The number of carbonyl (C=O) groups excluding carboxylic acids is 2. The molecule has 4 rings (SSSR count). The third-order valence-electron chi connectivity index (χ3n) is 5.99. The lowest BCUT2D eigenvalue weighted by atomic mass is 9.97. The minimum Gasteiger partial charge on any atom is -0.328 e. The van der Waals surface area contributed by atoms with Crippen molar-refractivity contribution in [1.29, 1.82) is 0 Å². The molecule has 3 aliphatic rings. The van der Waals surface area contributed by atoms with Gasteiger partial charge < -0.3 is 9.80 Å². The zero-order chi connectivity index (χ0) is 17.4. The predicted octanol–water partition coefficient (Wildman–Crippen LogP) is 3.59. The fourth-order valence-corrected chi connectivity index (χ4v) is 4.42. The van der Waals surface area contributed by atoms with E-state index in [1.807, 2.05) is 41.0 Å². The number of carbonyl (C=O) groups is 2. The highest BCUT2D eigenvalue weighted by Gasteiger charge is 2.47. The number of piperazine rings is 1. The Morgan fingerprint density at radius 1 is 0.840 bits per heavy atom. The second-order valence-corrected chi connectivity index (χ2v) is 7.96. The van der Waals surface area contributed by atoms with Crippen LogP contribution in [0.2, 0.25) is 0 Å². The predicted molar refractivity (Wildman–Crippen MR) is 97.0 cm³/mol. The van der Waals surface area contributed by atoms with E-state index in [2.05, 4.69) is 0 Å². The quantitative estimate of drug-likeness (QED) is 0.789. The maximum Gasteiger partial charge on any atom is 0.250 e. The van der Waals surface area contributed by atoms with E-state index >= 15 is 0 Å². The highest BCUT2D eigenvalue weighted by molar-refractivity contribution is 5.96. The molecule has 134 valence electrons. The Morgan fingerprint density at radius 2 is 1.48 bits per heavy atom. The molecule has 1 atom stereocenters. The maximum atomic E-state index is 13.4. The first-order chi connectivity index (χ1) is 12.1. The molecule has 2 aliphatic carbocycles. The number of nitrogens with zero attached hydrogens (tertiary/aromatic N) is 2. The largest absolute Gasteiger partial charge is 0.328 e. The van der Waals surface area contributed by atoms with E-state index in [9.17, 15) is 9.59 Å². The fraction of sp³-hybridized carbons (Fsp3) is 0.619. The van der Waals surface area contributed by atoms with Gasteiger partial charge >= 0.3 is 0 Å². The van der Waals surface area contributed by atoms with E-state index in [1.54, 1.807) is 0 Å². The molecule has 3 fully saturated rings. The Labute approximate surface area is 150 Å². The molecule has 4 nitrogen and oxygen atoms in total. The topological polar surface area (TPSA) is 40.6 Å². The molecule has 0 bridgehead atoms. The van der Waals surface area contributed by atoms with Gasteiger partial charge in [0.05, 0.1) is 0 Å². The van der Waals surface area contributed by atoms with Crippen molar-refractivity contribution in [2.24, 2.45) is 0 Å². The van der Waals surface area contributed by atoms with Crippen molar-refractivity contribution in [3.05, 3.63) is 35.4 Å².